The zero-order valence-electron chi connectivity index (χ0n) is 20.4. The lowest BCUT2D eigenvalue weighted by atomic mass is 9.64. The monoisotopic (exact) mass is 547 g/mol. The van der Waals surface area contributed by atoms with Crippen LogP contribution in [0.2, 0.25) is 0 Å². The van der Waals surface area contributed by atoms with E-state index in [0.29, 0.717) is 12.1 Å². The fourth-order valence-electron chi connectivity index (χ4n) is 6.01. The largest absolute Gasteiger partial charge is 1.00 e. The standard InChI is InChI=1S/C30H30FN3O.BrH/c1-22-33(21-23-10-8-9-15-28(23)31)18-19-34(22)27-17-16-26(20-27)30(29(32)35,24-11-4-2-5-12-24)25-13-6-3-7-14-25;/h2-15,18-19,26-27H,16-17,20-21H2,1H3,(H-,32,35);1H. The molecule has 1 amide bonds. The first-order chi connectivity index (χ1) is 17.0. The van der Waals surface area contributed by atoms with Crippen LogP contribution < -0.4 is 27.3 Å². The first-order valence-electron chi connectivity index (χ1n) is 12.2. The average molecular weight is 549 g/mol. The zero-order valence-corrected chi connectivity index (χ0v) is 21.9. The predicted octanol–water partition coefficient (Wildman–Crippen LogP) is 2.09. The van der Waals surface area contributed by atoms with E-state index in [9.17, 15) is 9.18 Å². The summed E-state index contributed by atoms with van der Waals surface area (Å²) in [4.78, 5) is 13.3. The van der Waals surface area contributed by atoms with Gasteiger partial charge >= 0.3 is 0 Å². The minimum absolute atomic E-state index is 0. The lowest BCUT2D eigenvalue weighted by molar-refractivity contribution is -0.694. The molecule has 0 spiro atoms. The first-order valence-corrected chi connectivity index (χ1v) is 12.2. The van der Waals surface area contributed by atoms with E-state index in [2.05, 4.69) is 22.3 Å². The molecule has 0 radical (unpaired) electrons. The molecule has 186 valence electrons. The van der Waals surface area contributed by atoms with Gasteiger partial charge in [-0.05, 0) is 42.4 Å². The minimum Gasteiger partial charge on any atom is -1.00 e. The summed E-state index contributed by atoms with van der Waals surface area (Å²) < 4.78 is 18.6. The molecule has 5 rings (SSSR count). The third-order valence-electron chi connectivity index (χ3n) is 7.75. The second kappa shape index (κ2) is 10.8. The molecule has 1 heterocycles. The van der Waals surface area contributed by atoms with Gasteiger partial charge in [-0.1, -0.05) is 78.9 Å². The van der Waals surface area contributed by atoms with Crippen LogP contribution in [-0.2, 0) is 16.8 Å². The van der Waals surface area contributed by atoms with Crippen LogP contribution in [0.4, 0.5) is 4.39 Å². The number of imidazole rings is 1. The molecule has 4 nitrogen and oxygen atoms in total. The maximum atomic E-state index is 14.2. The Balaban J connectivity index is 0.00000304. The maximum Gasteiger partial charge on any atom is 0.253 e. The molecular weight excluding hydrogens is 517 g/mol. The highest BCUT2D eigenvalue weighted by Gasteiger charge is 2.51. The number of nitrogens with two attached hydrogens (primary N) is 1. The van der Waals surface area contributed by atoms with Gasteiger partial charge in [0.25, 0.3) is 5.82 Å². The molecule has 1 aliphatic carbocycles. The van der Waals surface area contributed by atoms with Gasteiger partial charge in [0, 0.05) is 12.5 Å². The van der Waals surface area contributed by atoms with E-state index in [1.165, 1.54) is 6.07 Å². The summed E-state index contributed by atoms with van der Waals surface area (Å²) in [6, 6.07) is 27.1. The van der Waals surface area contributed by atoms with Crippen molar-refractivity contribution < 1.29 is 30.7 Å². The van der Waals surface area contributed by atoms with Gasteiger partial charge < -0.3 is 22.7 Å². The van der Waals surface area contributed by atoms with Gasteiger partial charge in [0.1, 0.15) is 36.2 Å². The molecule has 1 aliphatic rings. The van der Waals surface area contributed by atoms with E-state index >= 15 is 0 Å². The molecule has 2 atom stereocenters. The Morgan fingerprint density at radius 1 is 0.972 bits per heavy atom. The predicted molar refractivity (Wildman–Crippen MR) is 134 cm³/mol. The van der Waals surface area contributed by atoms with Crippen LogP contribution in [0.5, 0.6) is 0 Å². The molecule has 1 saturated carbocycles. The summed E-state index contributed by atoms with van der Waals surface area (Å²) in [5.41, 5.74) is 7.93. The molecule has 2 N–H and O–H groups in total. The van der Waals surface area contributed by atoms with Crippen LogP contribution in [0.3, 0.4) is 0 Å². The summed E-state index contributed by atoms with van der Waals surface area (Å²) in [7, 11) is 0. The van der Waals surface area contributed by atoms with Gasteiger partial charge in [-0.25, -0.2) is 13.5 Å². The highest BCUT2D eigenvalue weighted by atomic mass is 79.9. The molecule has 6 heteroatoms. The zero-order chi connectivity index (χ0) is 24.4. The molecule has 1 fully saturated rings. The van der Waals surface area contributed by atoms with Crippen molar-refractivity contribution in [1.82, 2.24) is 4.57 Å². The van der Waals surface area contributed by atoms with E-state index < -0.39 is 5.41 Å². The summed E-state index contributed by atoms with van der Waals surface area (Å²) in [6.07, 6.45) is 6.78. The smallest absolute Gasteiger partial charge is 0.253 e. The Morgan fingerprint density at radius 2 is 1.56 bits per heavy atom. The highest BCUT2D eigenvalue weighted by Crippen LogP contribution is 2.49. The lowest BCUT2D eigenvalue weighted by Gasteiger charge is -2.37. The number of halogens is 2. The number of hydrogen-bond donors (Lipinski definition) is 1. The number of hydrogen-bond acceptors (Lipinski definition) is 1. The molecule has 3 aromatic carbocycles. The molecule has 0 bridgehead atoms. The van der Waals surface area contributed by atoms with Crippen molar-refractivity contribution in [3.63, 3.8) is 0 Å². The van der Waals surface area contributed by atoms with E-state index in [1.54, 1.807) is 6.07 Å². The molecule has 4 aromatic rings. The van der Waals surface area contributed by atoms with E-state index in [1.807, 2.05) is 79.0 Å². The SMILES string of the molecule is Cc1n(C2CCC(C(C(N)=O)(c3ccccc3)c3ccccc3)C2)cc[n+]1Cc1ccccc1F.[Br-]. The fourth-order valence-corrected chi connectivity index (χ4v) is 6.01. The minimum atomic E-state index is -0.887. The van der Waals surface area contributed by atoms with Gasteiger partial charge in [0.15, 0.2) is 0 Å². The van der Waals surface area contributed by atoms with Crippen molar-refractivity contribution >= 4 is 5.91 Å². The number of amides is 1. The van der Waals surface area contributed by atoms with Gasteiger partial charge in [-0.15, -0.1) is 0 Å². The number of carbonyl (C=O) groups excluding carboxylic acids is 1. The lowest BCUT2D eigenvalue weighted by Crippen LogP contribution is -3.00. The Kier molecular flexibility index (Phi) is 7.74. The van der Waals surface area contributed by atoms with Gasteiger partial charge in [-0.2, -0.15) is 0 Å². The fraction of sp³-hybridized carbons (Fsp3) is 0.267. The third kappa shape index (κ3) is 4.50. The Hall–Kier alpha value is -3.25. The average Bonchev–Trinajstić information content (AvgIpc) is 3.49. The number of aromatic nitrogens is 2. The number of primary amides is 1. The van der Waals surface area contributed by atoms with Crippen molar-refractivity contribution in [2.75, 3.05) is 0 Å². The molecule has 2 unspecified atom stereocenters. The quantitative estimate of drug-likeness (QED) is 0.354. The molecule has 0 aliphatic heterocycles. The summed E-state index contributed by atoms with van der Waals surface area (Å²) in [6.45, 7) is 2.56. The van der Waals surface area contributed by atoms with Crippen LogP contribution >= 0.6 is 0 Å². The van der Waals surface area contributed by atoms with Gasteiger partial charge in [0.05, 0.1) is 0 Å². The van der Waals surface area contributed by atoms with E-state index in [0.717, 1.165) is 36.2 Å². The summed E-state index contributed by atoms with van der Waals surface area (Å²) in [5, 5.41) is 0. The second-order valence-electron chi connectivity index (χ2n) is 9.54. The third-order valence-corrected chi connectivity index (χ3v) is 7.75. The number of carbonyl (C=O) groups is 1. The molecule has 0 saturated heterocycles. The van der Waals surface area contributed by atoms with E-state index in [-0.39, 0.29) is 40.7 Å². The van der Waals surface area contributed by atoms with E-state index in [4.69, 9.17) is 5.73 Å². The van der Waals surface area contributed by atoms with Crippen LogP contribution in [0.15, 0.2) is 97.3 Å². The maximum absolute atomic E-state index is 14.2. The van der Waals surface area contributed by atoms with Crippen LogP contribution in [0, 0.1) is 18.7 Å². The van der Waals surface area contributed by atoms with Crippen molar-refractivity contribution in [3.05, 3.63) is 126 Å². The highest BCUT2D eigenvalue weighted by molar-refractivity contribution is 5.91. The van der Waals surface area contributed by atoms with Crippen molar-refractivity contribution in [1.29, 1.82) is 0 Å². The van der Waals surface area contributed by atoms with Crippen LogP contribution in [0.1, 0.15) is 47.8 Å². The Morgan fingerprint density at radius 3 is 2.14 bits per heavy atom. The van der Waals surface area contributed by atoms with Crippen LogP contribution in [0.25, 0.3) is 0 Å². The molecular formula is C30H31BrFN3O. The topological polar surface area (TPSA) is 51.9 Å². The molecule has 1 aromatic heterocycles. The van der Waals surface area contributed by atoms with Crippen molar-refractivity contribution in [3.8, 4) is 0 Å². The number of rotatable bonds is 7. The normalized spacial score (nSPS) is 17.5. The summed E-state index contributed by atoms with van der Waals surface area (Å²) in [5.74, 6) is 0.643. The van der Waals surface area contributed by atoms with Gasteiger partial charge in [-0.3, -0.25) is 4.79 Å². The number of nitrogens with zero attached hydrogens (tertiary/aromatic N) is 2. The molecule has 36 heavy (non-hydrogen) atoms. The second-order valence-corrected chi connectivity index (χ2v) is 9.54. The Bertz CT molecular complexity index is 1280. The number of benzene rings is 3. The first kappa shape index (κ1) is 25.8. The van der Waals surface area contributed by atoms with Crippen molar-refractivity contribution in [2.45, 2.75) is 44.2 Å². The van der Waals surface area contributed by atoms with Crippen LogP contribution in [-0.4, -0.2) is 10.5 Å². The van der Waals surface area contributed by atoms with Gasteiger partial charge in [0.2, 0.25) is 5.91 Å². The Labute approximate surface area is 222 Å². The summed E-state index contributed by atoms with van der Waals surface area (Å²) >= 11 is 0. The van der Waals surface area contributed by atoms with Crippen molar-refractivity contribution in [2.24, 2.45) is 11.7 Å².